The number of carbonyl (C=O) groups excluding carboxylic acids is 1. The Bertz CT molecular complexity index is 589. The molecule has 0 bridgehead atoms. The zero-order valence-electron chi connectivity index (χ0n) is 11.2. The zero-order chi connectivity index (χ0) is 13.8. The van der Waals surface area contributed by atoms with Crippen LogP contribution in [-0.4, -0.2) is 15.7 Å². The molecule has 1 aromatic heterocycles. The predicted molar refractivity (Wildman–Crippen MR) is 73.4 cm³/mol. The summed E-state index contributed by atoms with van der Waals surface area (Å²) in [5.74, 6) is -0.124. The van der Waals surface area contributed by atoms with Gasteiger partial charge in [-0.3, -0.25) is 9.48 Å². The van der Waals surface area contributed by atoms with Gasteiger partial charge in [-0.2, -0.15) is 5.10 Å². The van der Waals surface area contributed by atoms with E-state index in [4.69, 9.17) is 5.73 Å². The Balaban J connectivity index is 2.02. The summed E-state index contributed by atoms with van der Waals surface area (Å²) < 4.78 is 1.58. The van der Waals surface area contributed by atoms with Gasteiger partial charge in [-0.1, -0.05) is 24.3 Å². The van der Waals surface area contributed by atoms with Crippen LogP contribution in [0.5, 0.6) is 0 Å². The van der Waals surface area contributed by atoms with Crippen LogP contribution in [-0.2, 0) is 20.1 Å². The van der Waals surface area contributed by atoms with Crippen molar-refractivity contribution >= 4 is 5.91 Å². The molecule has 5 nitrogen and oxygen atoms in total. The minimum absolute atomic E-state index is 0.124. The maximum atomic E-state index is 12.0. The van der Waals surface area contributed by atoms with Crippen molar-refractivity contribution in [1.82, 2.24) is 15.1 Å². The Labute approximate surface area is 112 Å². The molecule has 2 aromatic rings. The number of carbonyl (C=O) groups is 1. The fourth-order valence-electron chi connectivity index (χ4n) is 1.96. The molecule has 0 fully saturated rings. The van der Waals surface area contributed by atoms with Gasteiger partial charge in [-0.05, 0) is 24.1 Å². The average molecular weight is 258 g/mol. The molecule has 3 N–H and O–H groups in total. The maximum absolute atomic E-state index is 12.0. The third-order valence-corrected chi connectivity index (χ3v) is 2.91. The van der Waals surface area contributed by atoms with E-state index in [0.29, 0.717) is 18.8 Å². The van der Waals surface area contributed by atoms with Crippen molar-refractivity contribution in [2.24, 2.45) is 12.8 Å². The van der Waals surface area contributed by atoms with E-state index in [1.807, 2.05) is 31.2 Å². The van der Waals surface area contributed by atoms with Gasteiger partial charge in [-0.15, -0.1) is 0 Å². The average Bonchev–Trinajstić information content (AvgIpc) is 2.75. The fraction of sp³-hybridized carbons (Fsp3) is 0.286. The summed E-state index contributed by atoms with van der Waals surface area (Å²) >= 11 is 0. The van der Waals surface area contributed by atoms with Crippen LogP contribution in [0.3, 0.4) is 0 Å². The Morgan fingerprint density at radius 1 is 1.37 bits per heavy atom. The molecule has 1 heterocycles. The van der Waals surface area contributed by atoms with Crippen molar-refractivity contribution in [3.05, 3.63) is 52.8 Å². The Hall–Kier alpha value is -2.14. The van der Waals surface area contributed by atoms with E-state index in [1.54, 1.807) is 17.8 Å². The van der Waals surface area contributed by atoms with Crippen molar-refractivity contribution in [1.29, 1.82) is 0 Å². The summed E-state index contributed by atoms with van der Waals surface area (Å²) in [6, 6.07) is 9.64. The number of amides is 1. The van der Waals surface area contributed by atoms with E-state index in [2.05, 4.69) is 10.4 Å². The smallest absolute Gasteiger partial charge is 0.269 e. The van der Waals surface area contributed by atoms with Gasteiger partial charge in [-0.25, -0.2) is 0 Å². The van der Waals surface area contributed by atoms with E-state index in [0.717, 1.165) is 16.8 Å². The number of aromatic nitrogens is 2. The molecule has 19 heavy (non-hydrogen) atoms. The van der Waals surface area contributed by atoms with Crippen LogP contribution >= 0.6 is 0 Å². The lowest BCUT2D eigenvalue weighted by molar-refractivity contribution is 0.0941. The highest BCUT2D eigenvalue weighted by Crippen LogP contribution is 2.06. The minimum Gasteiger partial charge on any atom is -0.347 e. The minimum atomic E-state index is -0.124. The second-order valence-corrected chi connectivity index (χ2v) is 4.50. The molecule has 0 radical (unpaired) electrons. The van der Waals surface area contributed by atoms with Gasteiger partial charge in [0, 0.05) is 20.1 Å². The Morgan fingerprint density at radius 2 is 2.11 bits per heavy atom. The number of hydrogen-bond donors (Lipinski definition) is 2. The number of benzene rings is 1. The first-order valence-electron chi connectivity index (χ1n) is 6.17. The lowest BCUT2D eigenvalue weighted by Gasteiger charge is -2.06. The monoisotopic (exact) mass is 258 g/mol. The Kier molecular flexibility index (Phi) is 3.97. The van der Waals surface area contributed by atoms with Crippen LogP contribution < -0.4 is 11.1 Å². The molecule has 0 saturated heterocycles. The van der Waals surface area contributed by atoms with Crippen LogP contribution in [0.4, 0.5) is 0 Å². The van der Waals surface area contributed by atoms with Gasteiger partial charge in [0.1, 0.15) is 5.69 Å². The second-order valence-electron chi connectivity index (χ2n) is 4.50. The van der Waals surface area contributed by atoms with Gasteiger partial charge in [0.05, 0.1) is 5.69 Å². The molecule has 100 valence electrons. The number of nitrogens with zero attached hydrogens (tertiary/aromatic N) is 2. The highest BCUT2D eigenvalue weighted by Gasteiger charge is 2.11. The van der Waals surface area contributed by atoms with Crippen molar-refractivity contribution in [2.45, 2.75) is 20.0 Å². The first kappa shape index (κ1) is 13.3. The van der Waals surface area contributed by atoms with Crippen LogP contribution in [0.1, 0.15) is 27.3 Å². The molecular formula is C14H18N4O. The van der Waals surface area contributed by atoms with E-state index >= 15 is 0 Å². The summed E-state index contributed by atoms with van der Waals surface area (Å²) in [7, 11) is 1.76. The Morgan fingerprint density at radius 3 is 2.74 bits per heavy atom. The molecule has 1 amide bonds. The van der Waals surface area contributed by atoms with Crippen LogP contribution in [0.2, 0.25) is 0 Å². The molecule has 1 aromatic carbocycles. The number of aryl methyl sites for hydroxylation is 2. The molecule has 0 aliphatic heterocycles. The largest absolute Gasteiger partial charge is 0.347 e. The molecule has 0 unspecified atom stereocenters. The first-order valence-corrected chi connectivity index (χ1v) is 6.17. The van der Waals surface area contributed by atoms with Gasteiger partial charge in [0.2, 0.25) is 0 Å². The molecule has 2 rings (SSSR count). The van der Waals surface area contributed by atoms with Crippen molar-refractivity contribution in [3.8, 4) is 0 Å². The summed E-state index contributed by atoms with van der Waals surface area (Å²) in [5.41, 5.74) is 9.08. The van der Waals surface area contributed by atoms with Gasteiger partial charge >= 0.3 is 0 Å². The number of hydrogen-bond acceptors (Lipinski definition) is 3. The molecule has 0 aliphatic carbocycles. The molecular weight excluding hydrogens is 240 g/mol. The third-order valence-electron chi connectivity index (χ3n) is 2.91. The summed E-state index contributed by atoms with van der Waals surface area (Å²) in [4.78, 5) is 12.0. The summed E-state index contributed by atoms with van der Waals surface area (Å²) in [5, 5.41) is 7.03. The van der Waals surface area contributed by atoms with Gasteiger partial charge < -0.3 is 11.1 Å². The lowest BCUT2D eigenvalue weighted by atomic mass is 10.1. The number of nitrogens with two attached hydrogens (primary N) is 1. The topological polar surface area (TPSA) is 72.9 Å². The molecule has 0 saturated carbocycles. The predicted octanol–water partition coefficient (Wildman–Crippen LogP) is 1.12. The van der Waals surface area contributed by atoms with Crippen LogP contribution in [0.25, 0.3) is 0 Å². The summed E-state index contributed by atoms with van der Waals surface area (Å²) in [6.45, 7) is 2.85. The molecule has 0 aliphatic rings. The van der Waals surface area contributed by atoms with Gasteiger partial charge in [0.15, 0.2) is 0 Å². The lowest BCUT2D eigenvalue weighted by Crippen LogP contribution is -2.25. The van der Waals surface area contributed by atoms with Crippen molar-refractivity contribution < 1.29 is 4.79 Å². The molecule has 5 heteroatoms. The zero-order valence-corrected chi connectivity index (χ0v) is 11.2. The standard InChI is InChI=1S/C14H18N4O/c1-10-6-13(18(2)17-10)14(19)16-9-12-5-3-4-11(7-12)8-15/h3-7H,8-9,15H2,1-2H3,(H,16,19). The highest BCUT2D eigenvalue weighted by molar-refractivity contribution is 5.92. The van der Waals surface area contributed by atoms with E-state index < -0.39 is 0 Å². The molecule has 0 atom stereocenters. The van der Waals surface area contributed by atoms with Crippen molar-refractivity contribution in [3.63, 3.8) is 0 Å². The van der Waals surface area contributed by atoms with E-state index in [1.165, 1.54) is 0 Å². The quantitative estimate of drug-likeness (QED) is 0.863. The van der Waals surface area contributed by atoms with E-state index in [-0.39, 0.29) is 5.91 Å². The molecule has 0 spiro atoms. The fourth-order valence-corrected chi connectivity index (χ4v) is 1.96. The SMILES string of the molecule is Cc1cc(C(=O)NCc2cccc(CN)c2)n(C)n1. The van der Waals surface area contributed by atoms with Gasteiger partial charge in [0.25, 0.3) is 5.91 Å². The maximum Gasteiger partial charge on any atom is 0.269 e. The normalized spacial score (nSPS) is 10.5. The summed E-state index contributed by atoms with van der Waals surface area (Å²) in [6.07, 6.45) is 0. The van der Waals surface area contributed by atoms with E-state index in [9.17, 15) is 4.79 Å². The van der Waals surface area contributed by atoms with Crippen LogP contribution in [0.15, 0.2) is 30.3 Å². The highest BCUT2D eigenvalue weighted by atomic mass is 16.2. The first-order chi connectivity index (χ1) is 9.10. The second kappa shape index (κ2) is 5.67. The number of nitrogens with one attached hydrogen (secondary N) is 1. The van der Waals surface area contributed by atoms with Crippen LogP contribution in [0, 0.1) is 6.92 Å². The van der Waals surface area contributed by atoms with Crippen molar-refractivity contribution in [2.75, 3.05) is 0 Å². The number of rotatable bonds is 4. The third kappa shape index (κ3) is 3.20.